The van der Waals surface area contributed by atoms with Gasteiger partial charge in [-0.05, 0) is 221 Å². The summed E-state index contributed by atoms with van der Waals surface area (Å²) in [6.07, 6.45) is 0. The predicted octanol–water partition coefficient (Wildman–Crippen LogP) is 10.4. The van der Waals surface area contributed by atoms with Gasteiger partial charge in [-0.1, -0.05) is 0 Å². The van der Waals surface area contributed by atoms with Crippen LogP contribution >= 0.6 is 113 Å². The molecule has 5 rings (SSSR count). The second kappa shape index (κ2) is 15.1. The Bertz CT molecular complexity index is 1540. The van der Waals surface area contributed by atoms with E-state index in [0.717, 1.165) is 36.9 Å². The van der Waals surface area contributed by atoms with Crippen molar-refractivity contribution in [3.8, 4) is 23.0 Å². The second-order valence-electron chi connectivity index (χ2n) is 9.10. The largest absolute Gasteiger partial charge is 0.506 e. The Morgan fingerprint density at radius 3 is 1.12 bits per heavy atom. The van der Waals surface area contributed by atoms with Crippen LogP contribution < -0.4 is 9.47 Å². The monoisotopic (exact) mass is 1140 g/mol. The molecule has 214 valence electrons. The molecule has 4 nitrogen and oxygen atoms in total. The molecule has 0 radical (unpaired) electrons. The lowest BCUT2D eigenvalue weighted by atomic mass is 10.2. The van der Waals surface area contributed by atoms with Crippen molar-refractivity contribution in [1.29, 1.82) is 0 Å². The minimum absolute atomic E-state index is 0.311. The van der Waals surface area contributed by atoms with E-state index in [0.29, 0.717) is 24.7 Å². The Balaban J connectivity index is 1.34. The summed E-state index contributed by atoms with van der Waals surface area (Å²) in [4.78, 5) is 3.62. The molecule has 0 amide bonds. The maximum absolute atomic E-state index is 10.0. The standard InChI is InChI=1S/C32H21I5O4S/c33-21-1-7-24(8-2-21)42(25-9-3-22(4-10-25)40-17-19-13-27(34)31(38)28(35)14-19)26-11-5-23(6-12-26)41-18-20-15-29(36)32(39)30(37)16-20/h1-16H,17-18H2,(H-,38,39)/p+1. The molecule has 2 N–H and O–H groups in total. The van der Waals surface area contributed by atoms with Crippen molar-refractivity contribution in [3.05, 3.63) is 126 Å². The Morgan fingerprint density at radius 2 is 0.786 bits per heavy atom. The molecule has 5 aromatic carbocycles. The van der Waals surface area contributed by atoms with E-state index >= 15 is 0 Å². The van der Waals surface area contributed by atoms with Crippen molar-refractivity contribution in [2.75, 3.05) is 0 Å². The van der Waals surface area contributed by atoms with Crippen LogP contribution in [0, 0.1) is 17.9 Å². The molecular weight excluding hydrogens is 1110 g/mol. The summed E-state index contributed by atoms with van der Waals surface area (Å²) in [6.45, 7) is 0.858. The Hall–Kier alpha value is -0.700. The summed E-state index contributed by atoms with van der Waals surface area (Å²) >= 11 is 10.9. The van der Waals surface area contributed by atoms with E-state index in [9.17, 15) is 10.2 Å². The topological polar surface area (TPSA) is 58.9 Å². The van der Waals surface area contributed by atoms with Gasteiger partial charge in [-0.15, -0.1) is 0 Å². The number of hydrogen-bond acceptors (Lipinski definition) is 4. The van der Waals surface area contributed by atoms with Crippen molar-refractivity contribution < 1.29 is 19.7 Å². The third-order valence-electron chi connectivity index (χ3n) is 6.13. The van der Waals surface area contributed by atoms with Gasteiger partial charge in [0.25, 0.3) is 0 Å². The van der Waals surface area contributed by atoms with E-state index in [2.05, 4.69) is 161 Å². The minimum atomic E-state index is -0.311. The van der Waals surface area contributed by atoms with E-state index in [1.807, 2.05) is 48.5 Å². The minimum Gasteiger partial charge on any atom is -0.506 e. The first-order chi connectivity index (χ1) is 20.2. The lowest BCUT2D eigenvalue weighted by molar-refractivity contribution is 0.305. The lowest BCUT2D eigenvalue weighted by Gasteiger charge is -2.12. The number of halogens is 5. The van der Waals surface area contributed by atoms with Crippen molar-refractivity contribution in [2.24, 2.45) is 0 Å². The molecule has 0 heterocycles. The van der Waals surface area contributed by atoms with Crippen molar-refractivity contribution in [1.82, 2.24) is 0 Å². The number of phenols is 2. The molecule has 0 aromatic heterocycles. The third-order valence-corrected chi connectivity index (χ3v) is 12.4. The van der Waals surface area contributed by atoms with Gasteiger partial charge in [-0.3, -0.25) is 0 Å². The number of phenolic OH excluding ortho intramolecular Hbond substituents is 2. The quantitative estimate of drug-likeness (QED) is 0.114. The molecule has 42 heavy (non-hydrogen) atoms. The smallest absolute Gasteiger partial charge is 0.166 e. The van der Waals surface area contributed by atoms with Crippen LogP contribution in [0.4, 0.5) is 0 Å². The van der Waals surface area contributed by atoms with Gasteiger partial charge in [-0.2, -0.15) is 0 Å². The number of ether oxygens (including phenoxy) is 2. The Morgan fingerprint density at radius 1 is 0.476 bits per heavy atom. The second-order valence-corrected chi connectivity index (χ2v) is 17.0. The average molecular weight is 1140 g/mol. The zero-order chi connectivity index (χ0) is 29.8. The fraction of sp³-hybridized carbons (Fsp3) is 0.0625. The Kier molecular flexibility index (Phi) is 11.7. The van der Waals surface area contributed by atoms with Crippen LogP contribution in [-0.2, 0) is 24.1 Å². The highest BCUT2D eigenvalue weighted by molar-refractivity contribution is 14.1. The van der Waals surface area contributed by atoms with Gasteiger partial charge in [-0.25, -0.2) is 0 Å². The first kappa shape index (κ1) is 32.7. The number of hydrogen-bond donors (Lipinski definition) is 2. The van der Waals surface area contributed by atoms with Crippen molar-refractivity contribution >= 4 is 124 Å². The van der Waals surface area contributed by atoms with E-state index in [1.54, 1.807) is 0 Å². The van der Waals surface area contributed by atoms with Crippen LogP contribution in [0.15, 0.2) is 112 Å². The van der Waals surface area contributed by atoms with Crippen LogP contribution in [0.3, 0.4) is 0 Å². The molecule has 0 bridgehead atoms. The molecule has 0 aliphatic rings. The van der Waals surface area contributed by atoms with Gasteiger partial charge in [0.2, 0.25) is 0 Å². The van der Waals surface area contributed by atoms with Crippen molar-refractivity contribution in [3.63, 3.8) is 0 Å². The summed E-state index contributed by atoms with van der Waals surface area (Å²) in [5, 5.41) is 20.1. The molecule has 0 saturated carbocycles. The fourth-order valence-corrected chi connectivity index (χ4v) is 10.3. The van der Waals surface area contributed by atoms with Crippen LogP contribution in [0.1, 0.15) is 11.1 Å². The molecule has 0 aliphatic carbocycles. The highest BCUT2D eigenvalue weighted by Gasteiger charge is 2.29. The molecule has 10 heteroatoms. The fourth-order valence-electron chi connectivity index (χ4n) is 4.06. The van der Waals surface area contributed by atoms with Gasteiger partial charge in [0.05, 0.1) is 25.2 Å². The van der Waals surface area contributed by atoms with Crippen LogP contribution in [0.5, 0.6) is 23.0 Å². The first-order valence-corrected chi connectivity index (χ1v) is 19.1. The van der Waals surface area contributed by atoms with Gasteiger partial charge >= 0.3 is 0 Å². The maximum atomic E-state index is 10.0. The van der Waals surface area contributed by atoms with E-state index < -0.39 is 0 Å². The van der Waals surface area contributed by atoms with Crippen LogP contribution in [-0.4, -0.2) is 10.2 Å². The molecule has 5 aromatic rings. The van der Waals surface area contributed by atoms with Gasteiger partial charge in [0.15, 0.2) is 14.7 Å². The first-order valence-electron chi connectivity index (χ1n) is 12.5. The SMILES string of the molecule is Oc1c(I)cc(COc2ccc([S+](c3ccc(I)cc3)c3ccc(OCc4cc(I)c(O)c(I)c4)cc3)cc2)cc1I. The summed E-state index contributed by atoms with van der Waals surface area (Å²) in [5.41, 5.74) is 2.03. The van der Waals surface area contributed by atoms with E-state index in [4.69, 9.17) is 9.47 Å². The summed E-state index contributed by atoms with van der Waals surface area (Å²) in [7, 11) is -0.311. The van der Waals surface area contributed by atoms with Gasteiger partial charge in [0, 0.05) is 3.57 Å². The summed E-state index contributed by atoms with van der Waals surface area (Å²) in [5.74, 6) is 2.22. The van der Waals surface area contributed by atoms with E-state index in [1.165, 1.54) is 18.3 Å². The van der Waals surface area contributed by atoms with Gasteiger partial charge in [0.1, 0.15) is 36.2 Å². The molecule has 0 unspecified atom stereocenters. The molecule has 0 aliphatic heterocycles. The predicted molar refractivity (Wildman–Crippen MR) is 210 cm³/mol. The van der Waals surface area contributed by atoms with E-state index in [-0.39, 0.29) is 10.9 Å². The van der Waals surface area contributed by atoms with Crippen LogP contribution in [0.2, 0.25) is 0 Å². The highest BCUT2D eigenvalue weighted by Crippen LogP contribution is 2.34. The number of benzene rings is 5. The maximum Gasteiger partial charge on any atom is 0.166 e. The molecule has 0 atom stereocenters. The molecular formula is C32H22I5O4S+. The van der Waals surface area contributed by atoms with Crippen molar-refractivity contribution in [2.45, 2.75) is 27.9 Å². The molecule has 0 fully saturated rings. The number of rotatable bonds is 9. The lowest BCUT2D eigenvalue weighted by Crippen LogP contribution is -2.05. The average Bonchev–Trinajstić information content (AvgIpc) is 2.98. The normalized spacial score (nSPS) is 11.1. The zero-order valence-corrected chi connectivity index (χ0v) is 33.3. The van der Waals surface area contributed by atoms with Gasteiger partial charge < -0.3 is 19.7 Å². The zero-order valence-electron chi connectivity index (χ0n) is 21.7. The number of aromatic hydroxyl groups is 2. The third kappa shape index (κ3) is 8.31. The molecule has 0 spiro atoms. The summed E-state index contributed by atoms with van der Waals surface area (Å²) in [6, 6.07) is 33.1. The summed E-state index contributed by atoms with van der Waals surface area (Å²) < 4.78 is 16.6. The highest BCUT2D eigenvalue weighted by atomic mass is 127. The van der Waals surface area contributed by atoms with Crippen LogP contribution in [0.25, 0.3) is 0 Å². The Labute approximate surface area is 316 Å². The molecule has 0 saturated heterocycles.